The van der Waals surface area contributed by atoms with E-state index in [0.29, 0.717) is 10.9 Å². The number of rotatable bonds is 5. The van der Waals surface area contributed by atoms with Crippen LogP contribution in [-0.2, 0) is 16.1 Å². The Morgan fingerprint density at radius 3 is 2.64 bits per heavy atom. The highest BCUT2D eigenvalue weighted by molar-refractivity contribution is 5.95. The summed E-state index contributed by atoms with van der Waals surface area (Å²) in [5.74, 6) is -0.649. The molecule has 3 aromatic rings. The summed E-state index contributed by atoms with van der Waals surface area (Å²) in [7, 11) is 1.53. The molecule has 7 nitrogen and oxygen atoms in total. The number of nitrogens with one attached hydrogen (secondary N) is 1. The molecule has 0 radical (unpaired) electrons. The van der Waals surface area contributed by atoms with Crippen LogP contribution >= 0.6 is 0 Å². The van der Waals surface area contributed by atoms with Crippen LogP contribution in [-0.4, -0.2) is 39.9 Å². The average molecular weight is 378 g/mol. The number of hydrogen-bond acceptors (Lipinski definition) is 4. The highest BCUT2D eigenvalue weighted by atomic mass is 16.2. The smallest absolute Gasteiger partial charge is 0.261 e. The molecule has 0 atom stereocenters. The van der Waals surface area contributed by atoms with Gasteiger partial charge in [0.05, 0.1) is 23.8 Å². The maximum absolute atomic E-state index is 12.5. The summed E-state index contributed by atoms with van der Waals surface area (Å²) in [4.78, 5) is 42.8. The van der Waals surface area contributed by atoms with E-state index in [1.54, 1.807) is 24.3 Å². The Morgan fingerprint density at radius 1 is 1.11 bits per heavy atom. The SMILES string of the molecule is Cc1cccc(NC(=O)CN(C)C(=O)Cn2cnc3ccccc3c2=O)c1C. The zero-order valence-electron chi connectivity index (χ0n) is 16.1. The van der Waals surface area contributed by atoms with Crippen molar-refractivity contribution in [3.05, 3.63) is 70.3 Å². The molecule has 3 rings (SSSR count). The molecular weight excluding hydrogens is 356 g/mol. The zero-order valence-corrected chi connectivity index (χ0v) is 16.1. The quantitative estimate of drug-likeness (QED) is 0.737. The Bertz CT molecular complexity index is 1100. The second-order valence-electron chi connectivity index (χ2n) is 6.74. The minimum Gasteiger partial charge on any atom is -0.335 e. The second kappa shape index (κ2) is 8.04. The summed E-state index contributed by atoms with van der Waals surface area (Å²) >= 11 is 0. The molecule has 0 bridgehead atoms. The Morgan fingerprint density at radius 2 is 1.86 bits per heavy atom. The molecular formula is C21H22N4O3. The van der Waals surface area contributed by atoms with Gasteiger partial charge in [0.25, 0.3) is 5.56 Å². The van der Waals surface area contributed by atoms with Crippen molar-refractivity contribution < 1.29 is 9.59 Å². The molecule has 0 aliphatic rings. The average Bonchev–Trinajstić information content (AvgIpc) is 2.67. The van der Waals surface area contributed by atoms with Crippen molar-refractivity contribution >= 4 is 28.4 Å². The van der Waals surface area contributed by atoms with Gasteiger partial charge in [0.15, 0.2) is 0 Å². The van der Waals surface area contributed by atoms with Gasteiger partial charge < -0.3 is 10.2 Å². The first-order chi connectivity index (χ1) is 13.4. The van der Waals surface area contributed by atoms with E-state index in [1.807, 2.05) is 32.0 Å². The standard InChI is InChI=1S/C21H22N4O3/c1-14-7-6-10-17(15(14)2)23-19(26)11-24(3)20(27)12-25-13-22-18-9-5-4-8-16(18)21(25)28/h4-10,13H,11-12H2,1-3H3,(H,23,26). The van der Waals surface area contributed by atoms with Gasteiger partial charge >= 0.3 is 0 Å². The Hall–Kier alpha value is -3.48. The van der Waals surface area contributed by atoms with Crippen LogP contribution in [0, 0.1) is 13.8 Å². The number of hydrogen-bond donors (Lipinski definition) is 1. The van der Waals surface area contributed by atoms with Gasteiger partial charge in [-0.15, -0.1) is 0 Å². The van der Waals surface area contributed by atoms with Gasteiger partial charge in [-0.2, -0.15) is 0 Å². The molecule has 2 aromatic carbocycles. The maximum Gasteiger partial charge on any atom is 0.261 e. The van der Waals surface area contributed by atoms with Crippen molar-refractivity contribution in [3.63, 3.8) is 0 Å². The number of nitrogens with zero attached hydrogens (tertiary/aromatic N) is 3. The lowest BCUT2D eigenvalue weighted by molar-refractivity contribution is -0.133. The van der Waals surface area contributed by atoms with Gasteiger partial charge in [0.2, 0.25) is 11.8 Å². The number of amides is 2. The van der Waals surface area contributed by atoms with Gasteiger partial charge in [0, 0.05) is 12.7 Å². The summed E-state index contributed by atoms with van der Waals surface area (Å²) in [6.45, 7) is 3.61. The predicted octanol–water partition coefficient (Wildman–Crippen LogP) is 2.11. The predicted molar refractivity (Wildman–Crippen MR) is 108 cm³/mol. The molecule has 1 aromatic heterocycles. The number of carbonyl (C=O) groups excluding carboxylic acids is 2. The van der Waals surface area contributed by atoms with Crippen LogP contribution < -0.4 is 10.9 Å². The van der Waals surface area contributed by atoms with Crippen LogP contribution in [0.25, 0.3) is 10.9 Å². The molecule has 0 saturated heterocycles. The first-order valence-electron chi connectivity index (χ1n) is 8.91. The van der Waals surface area contributed by atoms with Crippen molar-refractivity contribution in [2.24, 2.45) is 0 Å². The molecule has 144 valence electrons. The van der Waals surface area contributed by atoms with Crippen molar-refractivity contribution in [2.75, 3.05) is 18.9 Å². The van der Waals surface area contributed by atoms with Crippen LogP contribution in [0.5, 0.6) is 0 Å². The van der Waals surface area contributed by atoms with Crippen LogP contribution in [0.1, 0.15) is 11.1 Å². The van der Waals surface area contributed by atoms with E-state index in [-0.39, 0.29) is 30.5 Å². The lowest BCUT2D eigenvalue weighted by atomic mass is 10.1. The topological polar surface area (TPSA) is 84.3 Å². The lowest BCUT2D eigenvalue weighted by Crippen LogP contribution is -2.38. The van der Waals surface area contributed by atoms with Gasteiger partial charge in [-0.25, -0.2) is 4.98 Å². The first kappa shape index (κ1) is 19.3. The van der Waals surface area contributed by atoms with Gasteiger partial charge in [-0.1, -0.05) is 24.3 Å². The molecule has 28 heavy (non-hydrogen) atoms. The molecule has 0 aliphatic carbocycles. The van der Waals surface area contributed by atoms with Gasteiger partial charge in [0.1, 0.15) is 6.54 Å². The number of carbonyl (C=O) groups is 2. The number of anilines is 1. The summed E-state index contributed by atoms with van der Waals surface area (Å²) in [6.07, 6.45) is 1.35. The number of aromatic nitrogens is 2. The minimum absolute atomic E-state index is 0.109. The van der Waals surface area contributed by atoms with Crippen LogP contribution in [0.2, 0.25) is 0 Å². The van der Waals surface area contributed by atoms with E-state index in [9.17, 15) is 14.4 Å². The van der Waals surface area contributed by atoms with Crippen LogP contribution in [0.4, 0.5) is 5.69 Å². The summed E-state index contributed by atoms with van der Waals surface area (Å²) in [5.41, 5.74) is 3.08. The van der Waals surface area contributed by atoms with Crippen LogP contribution in [0.15, 0.2) is 53.6 Å². The van der Waals surface area contributed by atoms with E-state index < -0.39 is 0 Å². The maximum atomic E-state index is 12.5. The van der Waals surface area contributed by atoms with Gasteiger partial charge in [-0.3, -0.25) is 19.0 Å². The zero-order chi connectivity index (χ0) is 20.3. The van der Waals surface area contributed by atoms with Crippen molar-refractivity contribution in [1.29, 1.82) is 0 Å². The Balaban J connectivity index is 1.66. The number of para-hydroxylation sites is 1. The summed E-state index contributed by atoms with van der Waals surface area (Å²) < 4.78 is 1.25. The van der Waals surface area contributed by atoms with Crippen molar-refractivity contribution in [3.8, 4) is 0 Å². The fourth-order valence-corrected chi connectivity index (χ4v) is 2.87. The minimum atomic E-state index is -0.352. The van der Waals surface area contributed by atoms with E-state index in [1.165, 1.54) is 22.8 Å². The van der Waals surface area contributed by atoms with Crippen molar-refractivity contribution in [1.82, 2.24) is 14.5 Å². The molecule has 7 heteroatoms. The molecule has 1 heterocycles. The first-order valence-corrected chi connectivity index (χ1v) is 8.91. The summed E-state index contributed by atoms with van der Waals surface area (Å²) in [6, 6.07) is 12.6. The largest absolute Gasteiger partial charge is 0.335 e. The normalized spacial score (nSPS) is 10.7. The molecule has 2 amide bonds. The molecule has 0 spiro atoms. The van der Waals surface area contributed by atoms with Gasteiger partial charge in [-0.05, 0) is 43.2 Å². The molecule has 1 N–H and O–H groups in total. The third-order valence-corrected chi connectivity index (χ3v) is 4.72. The molecule has 0 aliphatic heterocycles. The highest BCUT2D eigenvalue weighted by Crippen LogP contribution is 2.17. The van der Waals surface area contributed by atoms with E-state index in [2.05, 4.69) is 10.3 Å². The summed E-state index contributed by atoms with van der Waals surface area (Å²) in [5, 5.41) is 3.27. The number of benzene rings is 2. The third kappa shape index (κ3) is 4.09. The van der Waals surface area contributed by atoms with Crippen LogP contribution in [0.3, 0.4) is 0 Å². The van der Waals surface area contributed by atoms with Crippen molar-refractivity contribution in [2.45, 2.75) is 20.4 Å². The fourth-order valence-electron chi connectivity index (χ4n) is 2.87. The molecule has 0 saturated carbocycles. The highest BCUT2D eigenvalue weighted by Gasteiger charge is 2.16. The molecule has 0 fully saturated rings. The Labute approximate surface area is 162 Å². The third-order valence-electron chi connectivity index (χ3n) is 4.72. The number of likely N-dealkylation sites (N-methyl/N-ethyl adjacent to an activating group) is 1. The molecule has 0 unspecified atom stereocenters. The van der Waals surface area contributed by atoms with E-state index in [4.69, 9.17) is 0 Å². The number of fused-ring (bicyclic) bond motifs is 1. The Kier molecular flexibility index (Phi) is 5.54. The number of aryl methyl sites for hydroxylation is 1. The lowest BCUT2D eigenvalue weighted by Gasteiger charge is -2.18. The van der Waals surface area contributed by atoms with E-state index >= 15 is 0 Å². The fraction of sp³-hybridized carbons (Fsp3) is 0.238. The second-order valence-corrected chi connectivity index (χ2v) is 6.74. The monoisotopic (exact) mass is 378 g/mol. The van der Waals surface area contributed by atoms with E-state index in [0.717, 1.165) is 16.8 Å².